The molecule has 0 heterocycles. The van der Waals surface area contributed by atoms with Gasteiger partial charge in [-0.3, -0.25) is 0 Å². The summed E-state index contributed by atoms with van der Waals surface area (Å²) in [5, 5.41) is 9.29. The molecule has 1 rings (SSSR count). The molecule has 8 heteroatoms. The van der Waals surface area contributed by atoms with Crippen molar-refractivity contribution in [2.75, 3.05) is 12.3 Å². The third kappa shape index (κ3) is 4.00. The number of benzene rings is 1. The molecule has 0 saturated carbocycles. The van der Waals surface area contributed by atoms with Gasteiger partial charge in [0.2, 0.25) is 10.0 Å². The first-order valence-corrected chi connectivity index (χ1v) is 7.40. The Morgan fingerprint density at radius 3 is 2.56 bits per heavy atom. The van der Waals surface area contributed by atoms with Gasteiger partial charge in [-0.25, -0.2) is 13.1 Å². The van der Waals surface area contributed by atoms with Crippen LogP contribution in [0.5, 0.6) is 0 Å². The molecular formula is C10H14Cl2N2O3S. The number of sulfonamides is 1. The van der Waals surface area contributed by atoms with E-state index in [0.717, 1.165) is 0 Å². The Morgan fingerprint density at radius 2 is 2.06 bits per heavy atom. The first kappa shape index (κ1) is 15.5. The fourth-order valence-corrected chi connectivity index (χ4v) is 3.37. The van der Waals surface area contributed by atoms with Crippen molar-refractivity contribution in [3.8, 4) is 0 Å². The lowest BCUT2D eigenvalue weighted by Gasteiger charge is -2.11. The minimum absolute atomic E-state index is 0.0166. The van der Waals surface area contributed by atoms with Crippen molar-refractivity contribution in [2.24, 2.45) is 0 Å². The maximum atomic E-state index is 12.0. The Labute approximate surface area is 116 Å². The summed E-state index contributed by atoms with van der Waals surface area (Å²) in [6.07, 6.45) is -0.296. The maximum Gasteiger partial charge on any atom is 0.244 e. The smallest absolute Gasteiger partial charge is 0.244 e. The van der Waals surface area contributed by atoms with Crippen LogP contribution >= 0.6 is 23.2 Å². The topological polar surface area (TPSA) is 92.4 Å². The summed E-state index contributed by atoms with van der Waals surface area (Å²) < 4.78 is 26.2. The molecule has 0 amide bonds. The lowest BCUT2D eigenvalue weighted by molar-refractivity contribution is 0.186. The summed E-state index contributed by atoms with van der Waals surface area (Å²) in [4.78, 5) is -0.195. The molecule has 0 bridgehead atoms. The second-order valence-electron chi connectivity index (χ2n) is 3.84. The molecule has 0 saturated heterocycles. The van der Waals surface area contributed by atoms with Crippen LogP contribution in [0, 0.1) is 0 Å². The Hall–Kier alpha value is -0.530. The molecular weight excluding hydrogens is 299 g/mol. The quantitative estimate of drug-likeness (QED) is 0.720. The van der Waals surface area contributed by atoms with Gasteiger partial charge in [-0.2, -0.15) is 0 Å². The number of hydrogen-bond acceptors (Lipinski definition) is 4. The number of aliphatic hydroxyl groups excluding tert-OH is 1. The van der Waals surface area contributed by atoms with Crippen LogP contribution in [-0.2, 0) is 10.0 Å². The third-order valence-corrected chi connectivity index (χ3v) is 4.37. The van der Waals surface area contributed by atoms with Gasteiger partial charge in [0.1, 0.15) is 4.90 Å². The van der Waals surface area contributed by atoms with E-state index in [1.54, 1.807) is 6.92 Å². The first-order valence-electron chi connectivity index (χ1n) is 5.16. The van der Waals surface area contributed by atoms with Crippen molar-refractivity contribution in [1.29, 1.82) is 0 Å². The minimum atomic E-state index is -3.81. The van der Waals surface area contributed by atoms with Gasteiger partial charge < -0.3 is 10.8 Å². The van der Waals surface area contributed by atoms with Crippen LogP contribution in [0.15, 0.2) is 17.0 Å². The largest absolute Gasteiger partial charge is 0.398 e. The van der Waals surface area contributed by atoms with E-state index >= 15 is 0 Å². The normalized spacial score (nSPS) is 13.6. The lowest BCUT2D eigenvalue weighted by Crippen LogP contribution is -2.27. The molecule has 0 spiro atoms. The predicted molar refractivity (Wildman–Crippen MR) is 72.4 cm³/mol. The van der Waals surface area contributed by atoms with E-state index in [0.29, 0.717) is 6.42 Å². The number of rotatable bonds is 5. The molecule has 1 aromatic rings. The highest BCUT2D eigenvalue weighted by Gasteiger charge is 2.21. The van der Waals surface area contributed by atoms with Gasteiger partial charge >= 0.3 is 0 Å². The molecule has 1 aromatic carbocycles. The number of nitrogens with two attached hydrogens (primary N) is 1. The summed E-state index contributed by atoms with van der Waals surface area (Å²) in [6.45, 7) is 1.66. The number of anilines is 1. The zero-order valence-corrected chi connectivity index (χ0v) is 12.0. The Balaban J connectivity index is 2.99. The SMILES string of the molecule is CC(O)CCNS(=O)(=O)c1c(N)cc(Cl)cc1Cl. The van der Waals surface area contributed by atoms with Crippen molar-refractivity contribution in [1.82, 2.24) is 4.72 Å². The van der Waals surface area contributed by atoms with Gasteiger partial charge in [-0.1, -0.05) is 23.2 Å². The number of aliphatic hydroxyl groups is 1. The van der Waals surface area contributed by atoms with Crippen LogP contribution in [0.2, 0.25) is 10.0 Å². The van der Waals surface area contributed by atoms with Crippen LogP contribution < -0.4 is 10.5 Å². The number of halogens is 2. The highest BCUT2D eigenvalue weighted by Crippen LogP contribution is 2.30. The van der Waals surface area contributed by atoms with Crippen LogP contribution in [-0.4, -0.2) is 26.2 Å². The first-order chi connectivity index (χ1) is 8.24. The van der Waals surface area contributed by atoms with Gasteiger partial charge in [0.05, 0.1) is 16.8 Å². The van der Waals surface area contributed by atoms with Crippen LogP contribution in [0.3, 0.4) is 0 Å². The van der Waals surface area contributed by atoms with Gasteiger partial charge in [-0.05, 0) is 25.5 Å². The summed E-state index contributed by atoms with van der Waals surface area (Å²) in [6, 6.07) is 2.62. The van der Waals surface area contributed by atoms with Crippen molar-refractivity contribution in [2.45, 2.75) is 24.3 Å². The third-order valence-electron chi connectivity index (χ3n) is 2.16. The van der Waals surface area contributed by atoms with E-state index in [-0.39, 0.29) is 27.2 Å². The highest BCUT2D eigenvalue weighted by atomic mass is 35.5. The molecule has 18 heavy (non-hydrogen) atoms. The van der Waals surface area contributed by atoms with Gasteiger partial charge in [0, 0.05) is 11.6 Å². The van der Waals surface area contributed by atoms with E-state index in [1.807, 2.05) is 0 Å². The molecule has 5 nitrogen and oxygen atoms in total. The summed E-state index contributed by atoms with van der Waals surface area (Å²) in [7, 11) is -3.81. The number of nitrogens with one attached hydrogen (secondary N) is 1. The van der Waals surface area contributed by atoms with E-state index < -0.39 is 16.1 Å². The lowest BCUT2D eigenvalue weighted by atomic mass is 10.3. The summed E-state index contributed by atoms with van der Waals surface area (Å²) in [5.41, 5.74) is 5.59. The Bertz CT molecular complexity index is 509. The van der Waals surface area contributed by atoms with Crippen molar-refractivity contribution < 1.29 is 13.5 Å². The fraction of sp³-hybridized carbons (Fsp3) is 0.400. The molecule has 102 valence electrons. The Morgan fingerprint density at radius 1 is 1.44 bits per heavy atom. The maximum absolute atomic E-state index is 12.0. The fourth-order valence-electron chi connectivity index (χ4n) is 1.34. The zero-order chi connectivity index (χ0) is 13.9. The second-order valence-corrected chi connectivity index (χ2v) is 6.39. The molecule has 0 aliphatic carbocycles. The van der Waals surface area contributed by atoms with E-state index in [9.17, 15) is 8.42 Å². The van der Waals surface area contributed by atoms with Gasteiger partial charge in [0.15, 0.2) is 0 Å². The molecule has 4 N–H and O–H groups in total. The molecule has 0 aliphatic heterocycles. The standard InChI is InChI=1S/C10H14Cl2N2O3S/c1-6(15)2-3-14-18(16,17)10-8(12)4-7(11)5-9(10)13/h4-6,14-15H,2-3,13H2,1H3. The van der Waals surface area contributed by atoms with E-state index in [1.165, 1.54) is 12.1 Å². The van der Waals surface area contributed by atoms with Crippen LogP contribution in [0.25, 0.3) is 0 Å². The molecule has 0 aromatic heterocycles. The number of hydrogen-bond donors (Lipinski definition) is 3. The van der Waals surface area contributed by atoms with Crippen molar-refractivity contribution in [3.05, 3.63) is 22.2 Å². The molecule has 1 unspecified atom stereocenters. The van der Waals surface area contributed by atoms with Gasteiger partial charge in [-0.15, -0.1) is 0 Å². The van der Waals surface area contributed by atoms with Crippen molar-refractivity contribution in [3.63, 3.8) is 0 Å². The van der Waals surface area contributed by atoms with Crippen LogP contribution in [0.1, 0.15) is 13.3 Å². The monoisotopic (exact) mass is 312 g/mol. The second kappa shape index (κ2) is 6.08. The number of nitrogen functional groups attached to an aromatic ring is 1. The predicted octanol–water partition coefficient (Wildman–Crippen LogP) is 1.62. The average molecular weight is 313 g/mol. The Kier molecular flexibility index (Phi) is 5.24. The van der Waals surface area contributed by atoms with E-state index in [4.69, 9.17) is 34.0 Å². The zero-order valence-electron chi connectivity index (χ0n) is 9.65. The molecule has 0 aliphatic rings. The molecule has 0 radical (unpaired) electrons. The summed E-state index contributed by atoms with van der Waals surface area (Å²) >= 11 is 11.5. The molecule has 0 fully saturated rings. The van der Waals surface area contributed by atoms with E-state index in [2.05, 4.69) is 4.72 Å². The average Bonchev–Trinajstić information content (AvgIpc) is 2.13. The van der Waals surface area contributed by atoms with Crippen molar-refractivity contribution >= 4 is 38.9 Å². The van der Waals surface area contributed by atoms with Gasteiger partial charge in [0.25, 0.3) is 0 Å². The minimum Gasteiger partial charge on any atom is -0.398 e. The highest BCUT2D eigenvalue weighted by molar-refractivity contribution is 7.89. The summed E-state index contributed by atoms with van der Waals surface area (Å²) in [5.74, 6) is 0. The molecule has 1 atom stereocenters. The van der Waals surface area contributed by atoms with Crippen LogP contribution in [0.4, 0.5) is 5.69 Å².